The molecule has 0 amide bonds. The van der Waals surface area contributed by atoms with Crippen molar-refractivity contribution in [3.63, 3.8) is 0 Å². The van der Waals surface area contributed by atoms with Crippen LogP contribution in [0.1, 0.15) is 11.1 Å². The summed E-state index contributed by atoms with van der Waals surface area (Å²) < 4.78 is 0. The molecule has 0 unspecified atom stereocenters. The lowest BCUT2D eigenvalue weighted by Gasteiger charge is -2.15. The van der Waals surface area contributed by atoms with Gasteiger partial charge < -0.3 is 5.73 Å². The van der Waals surface area contributed by atoms with Crippen molar-refractivity contribution in [2.24, 2.45) is 10.7 Å². The third kappa shape index (κ3) is 1.44. The number of nitrogens with zero attached hydrogens (tertiary/aromatic N) is 1. The third-order valence-electron chi connectivity index (χ3n) is 2.30. The molecular formula is C10H12N2S. The van der Waals surface area contributed by atoms with Gasteiger partial charge in [-0.05, 0) is 31.0 Å². The molecule has 2 N–H and O–H groups in total. The molecular weight excluding hydrogens is 180 g/mol. The molecule has 0 aliphatic carbocycles. The molecule has 1 aromatic rings. The summed E-state index contributed by atoms with van der Waals surface area (Å²) in [5.41, 5.74) is 9.28. The summed E-state index contributed by atoms with van der Waals surface area (Å²) in [4.78, 5) is 5.63. The van der Waals surface area contributed by atoms with Gasteiger partial charge >= 0.3 is 0 Å². The standard InChI is InChI=1S/C10H12N2S/c1-6-3-4-8-10(7(6)2)12-9(11)5-13-8/h3-4H,5H2,1-2H3,(H2,11,12). The Morgan fingerprint density at radius 3 is 2.92 bits per heavy atom. The molecule has 1 aliphatic rings. The van der Waals surface area contributed by atoms with Gasteiger partial charge in [0.15, 0.2) is 0 Å². The number of rotatable bonds is 0. The van der Waals surface area contributed by atoms with Gasteiger partial charge in [0, 0.05) is 4.90 Å². The van der Waals surface area contributed by atoms with E-state index >= 15 is 0 Å². The highest BCUT2D eigenvalue weighted by molar-refractivity contribution is 8.00. The summed E-state index contributed by atoms with van der Waals surface area (Å²) in [6, 6.07) is 4.26. The minimum Gasteiger partial charge on any atom is -0.386 e. The molecule has 0 bridgehead atoms. The summed E-state index contributed by atoms with van der Waals surface area (Å²) >= 11 is 1.76. The van der Waals surface area contributed by atoms with Gasteiger partial charge in [0.1, 0.15) is 5.84 Å². The zero-order valence-electron chi connectivity index (χ0n) is 7.79. The minimum atomic E-state index is 0.728. The van der Waals surface area contributed by atoms with Gasteiger partial charge in [-0.25, -0.2) is 4.99 Å². The lowest BCUT2D eigenvalue weighted by atomic mass is 10.1. The summed E-state index contributed by atoms with van der Waals surface area (Å²) in [7, 11) is 0. The summed E-state index contributed by atoms with van der Waals surface area (Å²) in [6.07, 6.45) is 0. The Bertz CT molecular complexity index is 383. The van der Waals surface area contributed by atoms with Crippen molar-refractivity contribution in [3.8, 4) is 0 Å². The number of fused-ring (bicyclic) bond motifs is 1. The first-order valence-electron chi connectivity index (χ1n) is 4.24. The molecule has 0 fully saturated rings. The number of aliphatic imine (C=N–C) groups is 1. The van der Waals surface area contributed by atoms with E-state index in [1.165, 1.54) is 16.0 Å². The van der Waals surface area contributed by atoms with E-state index in [2.05, 4.69) is 31.0 Å². The lowest BCUT2D eigenvalue weighted by Crippen LogP contribution is -2.16. The van der Waals surface area contributed by atoms with Crippen LogP contribution in [0.5, 0.6) is 0 Å². The average molecular weight is 192 g/mol. The number of amidine groups is 1. The van der Waals surface area contributed by atoms with Crippen LogP contribution in [-0.4, -0.2) is 11.6 Å². The fourth-order valence-electron chi connectivity index (χ4n) is 1.36. The molecule has 68 valence electrons. The van der Waals surface area contributed by atoms with Crippen LogP contribution >= 0.6 is 11.8 Å². The second-order valence-corrected chi connectivity index (χ2v) is 4.26. The van der Waals surface area contributed by atoms with E-state index in [1.54, 1.807) is 11.8 Å². The zero-order valence-corrected chi connectivity index (χ0v) is 8.61. The van der Waals surface area contributed by atoms with Crippen LogP contribution < -0.4 is 5.73 Å². The number of hydrogen-bond acceptors (Lipinski definition) is 3. The van der Waals surface area contributed by atoms with Crippen LogP contribution in [0.2, 0.25) is 0 Å². The number of thioether (sulfide) groups is 1. The second kappa shape index (κ2) is 3.07. The molecule has 3 heteroatoms. The van der Waals surface area contributed by atoms with Crippen LogP contribution in [0.25, 0.3) is 0 Å². The van der Waals surface area contributed by atoms with E-state index in [4.69, 9.17) is 5.73 Å². The Kier molecular flexibility index (Phi) is 2.04. The van der Waals surface area contributed by atoms with Crippen molar-refractivity contribution in [2.75, 3.05) is 5.75 Å². The molecule has 0 radical (unpaired) electrons. The molecule has 0 aromatic heterocycles. The van der Waals surface area contributed by atoms with Gasteiger partial charge in [0.2, 0.25) is 0 Å². The number of benzene rings is 1. The molecule has 0 saturated heterocycles. The maximum atomic E-state index is 5.70. The van der Waals surface area contributed by atoms with Gasteiger partial charge in [-0.1, -0.05) is 6.07 Å². The van der Waals surface area contributed by atoms with Crippen LogP contribution in [0.4, 0.5) is 5.69 Å². The Balaban J connectivity index is 2.63. The first-order chi connectivity index (χ1) is 6.18. The Labute approximate surface area is 82.2 Å². The quantitative estimate of drug-likeness (QED) is 0.685. The number of hydrogen-bond donors (Lipinski definition) is 1. The molecule has 0 saturated carbocycles. The molecule has 13 heavy (non-hydrogen) atoms. The Hall–Kier alpha value is -0.960. The van der Waals surface area contributed by atoms with Crippen LogP contribution in [0, 0.1) is 13.8 Å². The van der Waals surface area contributed by atoms with Crippen molar-refractivity contribution in [1.82, 2.24) is 0 Å². The fourth-order valence-corrected chi connectivity index (χ4v) is 2.23. The van der Waals surface area contributed by atoms with Gasteiger partial charge in [0.05, 0.1) is 11.4 Å². The maximum Gasteiger partial charge on any atom is 0.110 e. The second-order valence-electron chi connectivity index (χ2n) is 3.25. The summed E-state index contributed by atoms with van der Waals surface area (Å²) in [6.45, 7) is 4.19. The summed E-state index contributed by atoms with van der Waals surface area (Å²) in [5, 5.41) is 0. The van der Waals surface area contributed by atoms with Crippen molar-refractivity contribution in [1.29, 1.82) is 0 Å². The van der Waals surface area contributed by atoms with Crippen LogP contribution in [0.15, 0.2) is 22.0 Å². The monoisotopic (exact) mass is 192 g/mol. The smallest absolute Gasteiger partial charge is 0.110 e. The highest BCUT2D eigenvalue weighted by atomic mass is 32.2. The Morgan fingerprint density at radius 1 is 1.38 bits per heavy atom. The van der Waals surface area contributed by atoms with Gasteiger partial charge in [-0.15, -0.1) is 11.8 Å². The van der Waals surface area contributed by atoms with Crippen molar-refractivity contribution in [3.05, 3.63) is 23.3 Å². The average Bonchev–Trinajstić information content (AvgIpc) is 2.12. The van der Waals surface area contributed by atoms with Gasteiger partial charge in [0.25, 0.3) is 0 Å². The molecule has 1 heterocycles. The van der Waals surface area contributed by atoms with E-state index in [0.717, 1.165) is 17.3 Å². The van der Waals surface area contributed by atoms with Crippen molar-refractivity contribution in [2.45, 2.75) is 18.7 Å². The maximum absolute atomic E-state index is 5.70. The van der Waals surface area contributed by atoms with Crippen LogP contribution in [-0.2, 0) is 0 Å². The SMILES string of the molecule is Cc1ccc2c(c1C)N=C(N)CS2. The fraction of sp³-hybridized carbons (Fsp3) is 0.300. The van der Waals surface area contributed by atoms with E-state index < -0.39 is 0 Å². The lowest BCUT2D eigenvalue weighted by molar-refractivity contribution is 1.23. The van der Waals surface area contributed by atoms with Crippen molar-refractivity contribution < 1.29 is 0 Å². The van der Waals surface area contributed by atoms with Crippen molar-refractivity contribution >= 4 is 23.3 Å². The Morgan fingerprint density at radius 2 is 2.15 bits per heavy atom. The van der Waals surface area contributed by atoms with Crippen LogP contribution in [0.3, 0.4) is 0 Å². The largest absolute Gasteiger partial charge is 0.386 e. The highest BCUT2D eigenvalue weighted by Crippen LogP contribution is 2.36. The molecule has 0 atom stereocenters. The highest BCUT2D eigenvalue weighted by Gasteiger charge is 2.13. The molecule has 2 nitrogen and oxygen atoms in total. The number of aryl methyl sites for hydroxylation is 1. The van der Waals surface area contributed by atoms with Gasteiger partial charge in [-0.2, -0.15) is 0 Å². The van der Waals surface area contributed by atoms with Gasteiger partial charge in [-0.3, -0.25) is 0 Å². The molecule has 0 spiro atoms. The van der Waals surface area contributed by atoms with E-state index in [9.17, 15) is 0 Å². The normalized spacial score (nSPS) is 15.1. The van der Waals surface area contributed by atoms with E-state index in [0.29, 0.717) is 0 Å². The topological polar surface area (TPSA) is 38.4 Å². The number of nitrogens with two attached hydrogens (primary N) is 1. The first-order valence-corrected chi connectivity index (χ1v) is 5.23. The van der Waals surface area contributed by atoms with E-state index in [-0.39, 0.29) is 0 Å². The first kappa shape index (κ1) is 8.63. The predicted octanol–water partition coefficient (Wildman–Crippen LogP) is 2.40. The molecule has 1 aliphatic heterocycles. The zero-order chi connectivity index (χ0) is 9.42. The molecule has 1 aromatic carbocycles. The van der Waals surface area contributed by atoms with E-state index in [1.807, 2.05) is 0 Å². The predicted molar refractivity (Wildman–Crippen MR) is 57.9 cm³/mol. The molecule has 2 rings (SSSR count). The third-order valence-corrected chi connectivity index (χ3v) is 3.38. The summed E-state index contributed by atoms with van der Waals surface area (Å²) in [5.74, 6) is 1.54. The minimum absolute atomic E-state index is 0.728.